The van der Waals surface area contributed by atoms with E-state index in [9.17, 15) is 0 Å². The summed E-state index contributed by atoms with van der Waals surface area (Å²) < 4.78 is 0.683. The predicted molar refractivity (Wildman–Crippen MR) is 45.1 cm³/mol. The molecule has 0 amide bonds. The number of nitrogens with one attached hydrogen (secondary N) is 1. The van der Waals surface area contributed by atoms with E-state index in [1.54, 1.807) is 0 Å². The van der Waals surface area contributed by atoms with Crippen LogP contribution in [0.25, 0.3) is 0 Å². The summed E-state index contributed by atoms with van der Waals surface area (Å²) in [4.78, 5) is 0.769. The van der Waals surface area contributed by atoms with Gasteiger partial charge in [0.15, 0.2) is 0 Å². The van der Waals surface area contributed by atoms with Crippen LogP contribution in [0.4, 0.5) is 0 Å². The van der Waals surface area contributed by atoms with Crippen LogP contribution in [0.15, 0.2) is 6.07 Å². The Morgan fingerprint density at radius 3 is 2.60 bits per heavy atom. The lowest BCUT2D eigenvalue weighted by Gasteiger charge is -1.91. The van der Waals surface area contributed by atoms with Gasteiger partial charge in [0.1, 0.15) is 5.84 Å². The van der Waals surface area contributed by atoms with E-state index in [1.165, 1.54) is 11.3 Å². The van der Waals surface area contributed by atoms with Crippen LogP contribution >= 0.6 is 22.9 Å². The van der Waals surface area contributed by atoms with Gasteiger partial charge in [-0.05, 0) is 18.6 Å². The van der Waals surface area contributed by atoms with Gasteiger partial charge in [-0.1, -0.05) is 11.6 Å². The molecule has 0 bridgehead atoms. The summed E-state index contributed by atoms with van der Waals surface area (Å²) in [5, 5.41) is 7.12. The third-order valence-corrected chi connectivity index (χ3v) is 2.53. The van der Waals surface area contributed by atoms with Gasteiger partial charge < -0.3 is 5.73 Å². The molecule has 0 saturated heterocycles. The molecule has 0 aromatic carbocycles. The zero-order chi connectivity index (χ0) is 7.72. The highest BCUT2D eigenvalue weighted by Crippen LogP contribution is 2.25. The van der Waals surface area contributed by atoms with E-state index in [4.69, 9.17) is 22.7 Å². The lowest BCUT2D eigenvalue weighted by molar-refractivity contribution is 1.42. The van der Waals surface area contributed by atoms with Crippen LogP contribution in [-0.4, -0.2) is 5.84 Å². The number of hydrogen-bond donors (Lipinski definition) is 2. The molecule has 0 fully saturated rings. The van der Waals surface area contributed by atoms with Crippen molar-refractivity contribution in [2.24, 2.45) is 5.73 Å². The van der Waals surface area contributed by atoms with Crippen molar-refractivity contribution in [1.29, 1.82) is 5.41 Å². The highest BCUT2D eigenvalue weighted by molar-refractivity contribution is 7.18. The fourth-order valence-corrected chi connectivity index (χ4v) is 1.87. The number of thiophene rings is 1. The second-order valence-corrected chi connectivity index (χ2v) is 3.66. The molecule has 4 heteroatoms. The highest BCUT2D eigenvalue weighted by atomic mass is 35.5. The van der Waals surface area contributed by atoms with Crippen LogP contribution in [-0.2, 0) is 0 Å². The first kappa shape index (κ1) is 7.57. The van der Waals surface area contributed by atoms with E-state index in [2.05, 4.69) is 0 Å². The number of nitrogens with two attached hydrogens (primary N) is 1. The molecule has 0 radical (unpaired) electrons. The zero-order valence-corrected chi connectivity index (χ0v) is 7.01. The lowest BCUT2D eigenvalue weighted by Crippen LogP contribution is -2.09. The smallest absolute Gasteiger partial charge is 0.133 e. The Hall–Kier alpha value is -0.540. The first-order valence-corrected chi connectivity index (χ1v) is 3.91. The topological polar surface area (TPSA) is 49.9 Å². The van der Waals surface area contributed by atoms with Crippen molar-refractivity contribution in [2.75, 3.05) is 0 Å². The molecule has 0 aliphatic heterocycles. The average molecular weight is 175 g/mol. The quantitative estimate of drug-likeness (QED) is 0.497. The maximum absolute atomic E-state index is 7.12. The SMILES string of the molecule is Cc1cc(Cl)sc1C(=N)N. The van der Waals surface area contributed by atoms with E-state index in [0.29, 0.717) is 4.34 Å². The average Bonchev–Trinajstić information content (AvgIpc) is 2.10. The van der Waals surface area contributed by atoms with Crippen molar-refractivity contribution in [3.63, 3.8) is 0 Å². The third kappa shape index (κ3) is 1.30. The minimum absolute atomic E-state index is 0.0920. The van der Waals surface area contributed by atoms with Gasteiger partial charge in [0.25, 0.3) is 0 Å². The maximum Gasteiger partial charge on any atom is 0.133 e. The Morgan fingerprint density at radius 2 is 2.40 bits per heavy atom. The molecule has 3 N–H and O–H groups in total. The molecule has 0 aliphatic carbocycles. The van der Waals surface area contributed by atoms with E-state index in [0.717, 1.165) is 10.4 Å². The van der Waals surface area contributed by atoms with Crippen molar-refractivity contribution in [2.45, 2.75) is 6.92 Å². The van der Waals surface area contributed by atoms with Crippen LogP contribution in [0.2, 0.25) is 4.34 Å². The number of hydrogen-bond acceptors (Lipinski definition) is 2. The van der Waals surface area contributed by atoms with Gasteiger partial charge in [0.2, 0.25) is 0 Å². The van der Waals surface area contributed by atoms with E-state index in [-0.39, 0.29) is 5.84 Å². The van der Waals surface area contributed by atoms with Gasteiger partial charge in [0.05, 0.1) is 9.21 Å². The highest BCUT2D eigenvalue weighted by Gasteiger charge is 2.05. The van der Waals surface area contributed by atoms with Crippen molar-refractivity contribution >= 4 is 28.8 Å². The summed E-state index contributed by atoms with van der Waals surface area (Å²) >= 11 is 7.01. The van der Waals surface area contributed by atoms with Crippen LogP contribution in [0, 0.1) is 12.3 Å². The molecule has 54 valence electrons. The molecule has 10 heavy (non-hydrogen) atoms. The minimum Gasteiger partial charge on any atom is -0.383 e. The van der Waals surface area contributed by atoms with Gasteiger partial charge in [-0.15, -0.1) is 11.3 Å². The summed E-state index contributed by atoms with van der Waals surface area (Å²) in [6, 6.07) is 1.81. The van der Waals surface area contributed by atoms with E-state index < -0.39 is 0 Å². The summed E-state index contributed by atoms with van der Waals surface area (Å²) in [7, 11) is 0. The summed E-state index contributed by atoms with van der Waals surface area (Å²) in [5.74, 6) is 0.0920. The summed E-state index contributed by atoms with van der Waals surface area (Å²) in [5.41, 5.74) is 6.24. The Labute approximate surface area is 68.1 Å². The fraction of sp³-hybridized carbons (Fsp3) is 0.167. The Kier molecular flexibility index (Phi) is 1.97. The first-order valence-electron chi connectivity index (χ1n) is 2.71. The molecule has 1 heterocycles. The summed E-state index contributed by atoms with van der Waals surface area (Å²) in [6.45, 7) is 1.89. The number of rotatable bonds is 1. The molecular formula is C6H7ClN2S. The lowest BCUT2D eigenvalue weighted by atomic mass is 10.3. The zero-order valence-electron chi connectivity index (χ0n) is 5.44. The Morgan fingerprint density at radius 1 is 1.80 bits per heavy atom. The van der Waals surface area contributed by atoms with Gasteiger partial charge in [-0.3, -0.25) is 5.41 Å². The molecule has 1 rings (SSSR count). The van der Waals surface area contributed by atoms with Crippen LogP contribution < -0.4 is 5.73 Å². The number of nitrogen functional groups attached to an aromatic ring is 1. The predicted octanol–water partition coefficient (Wildman–Crippen LogP) is 1.99. The van der Waals surface area contributed by atoms with Gasteiger partial charge in [0, 0.05) is 0 Å². The largest absolute Gasteiger partial charge is 0.383 e. The molecular weight excluding hydrogens is 168 g/mol. The molecule has 1 aromatic heterocycles. The van der Waals surface area contributed by atoms with Crippen LogP contribution in [0.3, 0.4) is 0 Å². The van der Waals surface area contributed by atoms with Crippen LogP contribution in [0.5, 0.6) is 0 Å². The maximum atomic E-state index is 7.12. The van der Waals surface area contributed by atoms with Gasteiger partial charge >= 0.3 is 0 Å². The second kappa shape index (κ2) is 2.60. The fourth-order valence-electron chi connectivity index (χ4n) is 0.711. The minimum atomic E-state index is 0.0920. The number of amidine groups is 1. The molecule has 2 nitrogen and oxygen atoms in total. The van der Waals surface area contributed by atoms with Gasteiger partial charge in [-0.2, -0.15) is 0 Å². The van der Waals surface area contributed by atoms with Crippen molar-refractivity contribution in [3.8, 4) is 0 Å². The molecule has 0 atom stereocenters. The third-order valence-electron chi connectivity index (χ3n) is 1.13. The molecule has 0 unspecified atom stereocenters. The van der Waals surface area contributed by atoms with E-state index >= 15 is 0 Å². The number of aryl methyl sites for hydroxylation is 1. The van der Waals surface area contributed by atoms with Crippen molar-refractivity contribution in [1.82, 2.24) is 0 Å². The molecule has 0 spiro atoms. The first-order chi connectivity index (χ1) is 4.61. The monoisotopic (exact) mass is 174 g/mol. The van der Waals surface area contributed by atoms with E-state index in [1.807, 2.05) is 13.0 Å². The standard InChI is InChI=1S/C6H7ClN2S/c1-3-2-4(7)10-5(3)6(8)9/h2H,1H3,(H3,8,9). The molecule has 1 aromatic rings. The number of halogens is 1. The van der Waals surface area contributed by atoms with Crippen molar-refractivity contribution < 1.29 is 0 Å². The summed E-state index contributed by atoms with van der Waals surface area (Å²) in [6.07, 6.45) is 0. The molecule has 0 saturated carbocycles. The van der Waals surface area contributed by atoms with Crippen LogP contribution in [0.1, 0.15) is 10.4 Å². The Balaban J connectivity index is 3.15. The normalized spacial score (nSPS) is 9.80. The van der Waals surface area contributed by atoms with Gasteiger partial charge in [-0.25, -0.2) is 0 Å². The Bertz CT molecular complexity index is 267. The van der Waals surface area contributed by atoms with Crippen molar-refractivity contribution in [3.05, 3.63) is 20.8 Å². The molecule has 0 aliphatic rings. The second-order valence-electron chi connectivity index (χ2n) is 1.98.